The predicted molar refractivity (Wildman–Crippen MR) is 101 cm³/mol. The summed E-state index contributed by atoms with van der Waals surface area (Å²) in [7, 11) is 0. The lowest BCUT2D eigenvalue weighted by Gasteiger charge is -2.58. The fourth-order valence-electron chi connectivity index (χ4n) is 7.66. The molecule has 0 saturated heterocycles. The molecule has 0 radical (unpaired) electrons. The standard InChI is InChI=1S/C22H35NO3/c1-21-9-7-14(24)11-13(21)3-4-15-16-5-6-18(19(25)12-20(23)26)22(16,2)10-8-17(15)21/h3,14-19,24-25H,4-12H2,1-2H3,(H2,23,26)/t14-,15-,16-,17-,18+,19-,21-,22-/m0/s1. The van der Waals surface area contributed by atoms with Crippen molar-refractivity contribution in [3.8, 4) is 0 Å². The van der Waals surface area contributed by atoms with Crippen molar-refractivity contribution in [1.82, 2.24) is 0 Å². The minimum absolute atomic E-state index is 0.0979. The molecule has 4 aliphatic carbocycles. The van der Waals surface area contributed by atoms with Gasteiger partial charge in [-0.05, 0) is 85.9 Å². The molecule has 1 amide bonds. The lowest BCUT2D eigenvalue weighted by atomic mass is 9.47. The Labute approximate surface area is 157 Å². The van der Waals surface area contributed by atoms with Crippen LogP contribution in [0.25, 0.3) is 0 Å². The van der Waals surface area contributed by atoms with E-state index in [0.717, 1.165) is 38.5 Å². The molecule has 26 heavy (non-hydrogen) atoms. The molecule has 4 nitrogen and oxygen atoms in total. The molecule has 0 spiro atoms. The number of carbonyl (C=O) groups excluding carboxylic acids is 1. The lowest BCUT2D eigenvalue weighted by molar-refractivity contribution is -0.122. The number of amides is 1. The Bertz CT molecular complexity index is 617. The molecule has 4 N–H and O–H groups in total. The first kappa shape index (κ1) is 18.5. The van der Waals surface area contributed by atoms with E-state index < -0.39 is 12.0 Å². The predicted octanol–water partition coefficient (Wildman–Crippen LogP) is 3.16. The van der Waals surface area contributed by atoms with Crippen molar-refractivity contribution in [1.29, 1.82) is 0 Å². The third-order valence-electron chi connectivity index (χ3n) is 9.03. The van der Waals surface area contributed by atoms with E-state index in [0.29, 0.717) is 17.8 Å². The van der Waals surface area contributed by atoms with Gasteiger partial charge in [0.1, 0.15) is 0 Å². The average Bonchev–Trinajstić information content (AvgIpc) is 2.92. The van der Waals surface area contributed by atoms with Crippen LogP contribution in [-0.2, 0) is 4.79 Å². The highest BCUT2D eigenvalue weighted by Crippen LogP contribution is 2.66. The number of nitrogens with two attached hydrogens (primary N) is 1. The number of rotatable bonds is 3. The van der Waals surface area contributed by atoms with Gasteiger partial charge in [0, 0.05) is 0 Å². The van der Waals surface area contributed by atoms with Gasteiger partial charge in [0.25, 0.3) is 0 Å². The van der Waals surface area contributed by atoms with Gasteiger partial charge in [-0.2, -0.15) is 0 Å². The fraction of sp³-hybridized carbons (Fsp3) is 0.864. The van der Waals surface area contributed by atoms with Crippen LogP contribution >= 0.6 is 0 Å². The number of hydrogen-bond donors (Lipinski definition) is 3. The quantitative estimate of drug-likeness (QED) is 0.675. The van der Waals surface area contributed by atoms with Crippen LogP contribution in [0.5, 0.6) is 0 Å². The SMILES string of the molecule is C[C@]12CC[C@H]3[C@@H](CC=C4C[C@@H](O)CC[C@@]43C)[C@@H]1CC[C@@H]2[C@@H](O)CC(N)=O. The van der Waals surface area contributed by atoms with E-state index in [2.05, 4.69) is 19.9 Å². The largest absolute Gasteiger partial charge is 0.393 e. The molecule has 0 heterocycles. The smallest absolute Gasteiger partial charge is 0.220 e. The minimum Gasteiger partial charge on any atom is -0.393 e. The van der Waals surface area contributed by atoms with Gasteiger partial charge in [0.15, 0.2) is 0 Å². The number of hydrogen-bond acceptors (Lipinski definition) is 3. The first-order chi connectivity index (χ1) is 12.3. The third kappa shape index (κ3) is 2.67. The van der Waals surface area contributed by atoms with E-state index in [1.54, 1.807) is 0 Å². The first-order valence-electron chi connectivity index (χ1n) is 10.6. The maximum atomic E-state index is 11.3. The Hall–Kier alpha value is -0.870. The van der Waals surface area contributed by atoms with Crippen LogP contribution in [0.2, 0.25) is 0 Å². The van der Waals surface area contributed by atoms with Crippen molar-refractivity contribution in [2.24, 2.45) is 40.2 Å². The molecule has 0 aliphatic heterocycles. The Morgan fingerprint density at radius 2 is 2.00 bits per heavy atom. The van der Waals surface area contributed by atoms with Crippen LogP contribution in [0.15, 0.2) is 11.6 Å². The number of primary amides is 1. The number of fused-ring (bicyclic) bond motifs is 5. The summed E-state index contributed by atoms with van der Waals surface area (Å²) in [4.78, 5) is 11.3. The zero-order valence-corrected chi connectivity index (χ0v) is 16.3. The van der Waals surface area contributed by atoms with Crippen LogP contribution in [0, 0.1) is 34.5 Å². The van der Waals surface area contributed by atoms with Crippen molar-refractivity contribution in [3.05, 3.63) is 11.6 Å². The van der Waals surface area contributed by atoms with Gasteiger partial charge < -0.3 is 15.9 Å². The number of carbonyl (C=O) groups is 1. The monoisotopic (exact) mass is 361 g/mol. The Morgan fingerprint density at radius 1 is 1.23 bits per heavy atom. The summed E-state index contributed by atoms with van der Waals surface area (Å²) < 4.78 is 0. The van der Waals surface area contributed by atoms with Gasteiger partial charge >= 0.3 is 0 Å². The van der Waals surface area contributed by atoms with Gasteiger partial charge in [-0.15, -0.1) is 0 Å². The van der Waals surface area contributed by atoms with Crippen LogP contribution in [0.4, 0.5) is 0 Å². The molecule has 8 atom stereocenters. The molecule has 4 aliphatic rings. The molecule has 4 rings (SSSR count). The topological polar surface area (TPSA) is 83.6 Å². The highest BCUT2D eigenvalue weighted by atomic mass is 16.3. The van der Waals surface area contributed by atoms with Crippen LogP contribution in [0.1, 0.15) is 71.6 Å². The van der Waals surface area contributed by atoms with Crippen molar-refractivity contribution in [2.45, 2.75) is 83.8 Å². The highest BCUT2D eigenvalue weighted by molar-refractivity contribution is 5.74. The molecule has 3 fully saturated rings. The highest BCUT2D eigenvalue weighted by Gasteiger charge is 2.59. The van der Waals surface area contributed by atoms with E-state index in [9.17, 15) is 15.0 Å². The zero-order valence-electron chi connectivity index (χ0n) is 16.3. The second-order valence-corrected chi connectivity index (χ2v) is 10.1. The van der Waals surface area contributed by atoms with Crippen LogP contribution < -0.4 is 5.73 Å². The maximum absolute atomic E-state index is 11.3. The van der Waals surface area contributed by atoms with Crippen molar-refractivity contribution < 1.29 is 15.0 Å². The summed E-state index contributed by atoms with van der Waals surface area (Å²) >= 11 is 0. The summed E-state index contributed by atoms with van der Waals surface area (Å²) in [6.45, 7) is 4.81. The molecule has 0 aromatic heterocycles. The normalized spacial score (nSPS) is 48.8. The summed E-state index contributed by atoms with van der Waals surface area (Å²) in [5.74, 6) is 1.84. The second-order valence-electron chi connectivity index (χ2n) is 10.1. The Balaban J connectivity index is 1.59. The van der Waals surface area contributed by atoms with E-state index in [1.165, 1.54) is 18.4 Å². The lowest BCUT2D eigenvalue weighted by Crippen LogP contribution is -2.51. The fourth-order valence-corrected chi connectivity index (χ4v) is 7.66. The molecule has 0 bridgehead atoms. The molecular weight excluding hydrogens is 326 g/mol. The number of allylic oxidation sites excluding steroid dienone is 1. The van der Waals surface area contributed by atoms with Crippen molar-refractivity contribution in [3.63, 3.8) is 0 Å². The van der Waals surface area contributed by atoms with Crippen molar-refractivity contribution in [2.75, 3.05) is 0 Å². The van der Waals surface area contributed by atoms with Gasteiger partial charge in [-0.25, -0.2) is 0 Å². The zero-order chi connectivity index (χ0) is 18.7. The summed E-state index contributed by atoms with van der Waals surface area (Å²) in [5.41, 5.74) is 7.25. The maximum Gasteiger partial charge on any atom is 0.220 e. The van der Waals surface area contributed by atoms with Gasteiger partial charge in [-0.3, -0.25) is 4.79 Å². The van der Waals surface area contributed by atoms with Gasteiger partial charge in [0.2, 0.25) is 5.91 Å². The molecule has 146 valence electrons. The van der Waals surface area contributed by atoms with Gasteiger partial charge in [-0.1, -0.05) is 25.5 Å². The van der Waals surface area contributed by atoms with Crippen LogP contribution in [-0.4, -0.2) is 28.3 Å². The van der Waals surface area contributed by atoms with Crippen LogP contribution in [0.3, 0.4) is 0 Å². The third-order valence-corrected chi connectivity index (χ3v) is 9.03. The Kier molecular flexibility index (Phi) is 4.51. The van der Waals surface area contributed by atoms with E-state index in [1.807, 2.05) is 0 Å². The van der Waals surface area contributed by atoms with E-state index in [4.69, 9.17) is 5.73 Å². The molecule has 0 aromatic carbocycles. The Morgan fingerprint density at radius 3 is 2.73 bits per heavy atom. The summed E-state index contributed by atoms with van der Waals surface area (Å²) in [6.07, 6.45) is 10.4. The average molecular weight is 362 g/mol. The molecular formula is C22H35NO3. The summed E-state index contributed by atoms with van der Waals surface area (Å²) in [6, 6.07) is 0. The number of aliphatic hydroxyl groups excluding tert-OH is 2. The van der Waals surface area contributed by atoms with Gasteiger partial charge in [0.05, 0.1) is 18.6 Å². The second kappa shape index (κ2) is 6.34. The number of aliphatic hydroxyl groups is 2. The van der Waals surface area contributed by atoms with Crippen molar-refractivity contribution >= 4 is 5.91 Å². The molecule has 3 saturated carbocycles. The van der Waals surface area contributed by atoms with E-state index >= 15 is 0 Å². The minimum atomic E-state index is -0.589. The first-order valence-corrected chi connectivity index (χ1v) is 10.6. The molecule has 0 aromatic rings. The molecule has 4 heteroatoms. The molecule has 0 unspecified atom stereocenters. The summed E-state index contributed by atoms with van der Waals surface area (Å²) in [5, 5.41) is 20.8. The van der Waals surface area contributed by atoms with E-state index in [-0.39, 0.29) is 29.3 Å².